The zero-order chi connectivity index (χ0) is 18.7. The van der Waals surface area contributed by atoms with Crippen molar-refractivity contribution in [3.05, 3.63) is 35.6 Å². The number of rotatable bonds is 4. The molecule has 0 aromatic heterocycles. The topological polar surface area (TPSA) is 44.8 Å². The summed E-state index contributed by atoms with van der Waals surface area (Å²) >= 11 is 0. The highest BCUT2D eigenvalue weighted by Crippen LogP contribution is 2.39. The van der Waals surface area contributed by atoms with E-state index in [9.17, 15) is 9.18 Å². The first-order valence-corrected chi connectivity index (χ1v) is 10.3. The normalized spacial score (nSPS) is 26.3. The lowest BCUT2D eigenvalue weighted by Crippen LogP contribution is -2.56. The van der Waals surface area contributed by atoms with Gasteiger partial charge < -0.3 is 15.0 Å². The van der Waals surface area contributed by atoms with Gasteiger partial charge in [0.15, 0.2) is 0 Å². The van der Waals surface area contributed by atoms with Crippen molar-refractivity contribution in [2.45, 2.75) is 43.7 Å². The molecule has 2 saturated heterocycles. The first kappa shape index (κ1) is 18.8. The Kier molecular flexibility index (Phi) is 5.76. The molecule has 0 spiro atoms. The van der Waals surface area contributed by atoms with E-state index in [0.717, 1.165) is 51.3 Å². The minimum atomic E-state index is -0.244. The second-order valence-electron chi connectivity index (χ2n) is 8.07. The predicted octanol–water partition coefficient (Wildman–Crippen LogP) is 2.33. The molecule has 3 fully saturated rings. The van der Waals surface area contributed by atoms with E-state index in [2.05, 4.69) is 10.2 Å². The van der Waals surface area contributed by atoms with Crippen LogP contribution < -0.4 is 5.32 Å². The predicted molar refractivity (Wildman–Crippen MR) is 102 cm³/mol. The molecule has 1 aromatic rings. The summed E-state index contributed by atoms with van der Waals surface area (Å²) in [4.78, 5) is 17.9. The Hall–Kier alpha value is -1.50. The summed E-state index contributed by atoms with van der Waals surface area (Å²) in [7, 11) is 0. The van der Waals surface area contributed by atoms with Gasteiger partial charge in [-0.15, -0.1) is 0 Å². The van der Waals surface area contributed by atoms with E-state index in [0.29, 0.717) is 19.5 Å². The molecule has 3 aliphatic rings. The van der Waals surface area contributed by atoms with E-state index >= 15 is 0 Å². The number of morpholine rings is 1. The largest absolute Gasteiger partial charge is 0.379 e. The summed E-state index contributed by atoms with van der Waals surface area (Å²) in [6.07, 6.45) is 5.14. The van der Waals surface area contributed by atoms with Gasteiger partial charge in [-0.1, -0.05) is 25.0 Å². The highest BCUT2D eigenvalue weighted by molar-refractivity contribution is 5.78. The second kappa shape index (κ2) is 8.25. The summed E-state index contributed by atoms with van der Waals surface area (Å²) in [6.45, 7) is 5.51. The Balaban J connectivity index is 1.52. The number of nitrogens with one attached hydrogen (secondary N) is 1. The zero-order valence-electron chi connectivity index (χ0n) is 16.0. The smallest absolute Gasteiger partial charge is 0.225 e. The van der Waals surface area contributed by atoms with E-state index in [1.807, 2.05) is 11.0 Å². The van der Waals surface area contributed by atoms with Gasteiger partial charge >= 0.3 is 0 Å². The summed E-state index contributed by atoms with van der Waals surface area (Å²) in [5.74, 6) is -0.0368. The Morgan fingerprint density at radius 2 is 2.00 bits per heavy atom. The van der Waals surface area contributed by atoms with Crippen LogP contribution >= 0.6 is 0 Å². The SMILES string of the molecule is O=C(CC1(N2CCOCC2)CCCC1)N1CCNCC1c1cccc(F)c1. The van der Waals surface area contributed by atoms with Gasteiger partial charge in [0, 0.05) is 44.7 Å². The third-order valence-electron chi connectivity index (χ3n) is 6.49. The molecule has 0 bridgehead atoms. The Morgan fingerprint density at radius 3 is 2.74 bits per heavy atom. The van der Waals surface area contributed by atoms with Gasteiger partial charge in [-0.25, -0.2) is 4.39 Å². The maximum absolute atomic E-state index is 13.7. The lowest BCUT2D eigenvalue weighted by atomic mass is 9.89. The van der Waals surface area contributed by atoms with Crippen LogP contribution in [0.15, 0.2) is 24.3 Å². The maximum Gasteiger partial charge on any atom is 0.225 e. The number of hydrogen-bond donors (Lipinski definition) is 1. The van der Waals surface area contributed by atoms with Crippen molar-refractivity contribution >= 4 is 5.91 Å². The molecule has 1 unspecified atom stereocenters. The molecule has 27 heavy (non-hydrogen) atoms. The van der Waals surface area contributed by atoms with Crippen LogP contribution in [0, 0.1) is 5.82 Å². The van der Waals surface area contributed by atoms with Gasteiger partial charge in [-0.3, -0.25) is 9.69 Å². The van der Waals surface area contributed by atoms with Crippen molar-refractivity contribution in [1.29, 1.82) is 0 Å². The molecular formula is C21H30FN3O2. The molecule has 2 aliphatic heterocycles. The molecule has 1 aliphatic carbocycles. The summed E-state index contributed by atoms with van der Waals surface area (Å²) in [5.41, 5.74) is 0.862. The number of carbonyl (C=O) groups excluding carboxylic acids is 1. The number of hydrogen-bond acceptors (Lipinski definition) is 4. The van der Waals surface area contributed by atoms with Crippen LogP contribution in [0.1, 0.15) is 43.7 Å². The third-order valence-corrected chi connectivity index (χ3v) is 6.49. The Morgan fingerprint density at radius 1 is 1.22 bits per heavy atom. The van der Waals surface area contributed by atoms with Crippen LogP contribution in [0.3, 0.4) is 0 Å². The number of amides is 1. The number of nitrogens with zero attached hydrogens (tertiary/aromatic N) is 2. The van der Waals surface area contributed by atoms with Gasteiger partial charge in [-0.05, 0) is 30.5 Å². The highest BCUT2D eigenvalue weighted by atomic mass is 19.1. The van der Waals surface area contributed by atoms with Gasteiger partial charge in [-0.2, -0.15) is 0 Å². The minimum Gasteiger partial charge on any atom is -0.379 e. The summed E-state index contributed by atoms with van der Waals surface area (Å²) < 4.78 is 19.3. The molecule has 148 valence electrons. The first-order valence-electron chi connectivity index (χ1n) is 10.3. The van der Waals surface area contributed by atoms with Crippen LogP contribution in [-0.2, 0) is 9.53 Å². The first-order chi connectivity index (χ1) is 13.2. The molecule has 4 rings (SSSR count). The third kappa shape index (κ3) is 4.03. The lowest BCUT2D eigenvalue weighted by Gasteiger charge is -2.45. The molecular weight excluding hydrogens is 345 g/mol. The van der Waals surface area contributed by atoms with Crippen molar-refractivity contribution in [2.75, 3.05) is 45.9 Å². The molecule has 5 nitrogen and oxygen atoms in total. The van der Waals surface area contributed by atoms with Crippen molar-refractivity contribution in [3.63, 3.8) is 0 Å². The van der Waals surface area contributed by atoms with Gasteiger partial charge in [0.2, 0.25) is 5.91 Å². The van der Waals surface area contributed by atoms with Crippen LogP contribution in [0.2, 0.25) is 0 Å². The summed E-state index contributed by atoms with van der Waals surface area (Å²) in [5, 5.41) is 3.36. The lowest BCUT2D eigenvalue weighted by molar-refractivity contribution is -0.139. The average Bonchev–Trinajstić information content (AvgIpc) is 3.18. The zero-order valence-corrected chi connectivity index (χ0v) is 16.0. The minimum absolute atomic E-state index is 0.0156. The fraction of sp³-hybridized carbons (Fsp3) is 0.667. The highest BCUT2D eigenvalue weighted by Gasteiger charge is 2.43. The van der Waals surface area contributed by atoms with Gasteiger partial charge in [0.05, 0.1) is 19.3 Å². The molecule has 0 radical (unpaired) electrons. The van der Waals surface area contributed by atoms with Crippen LogP contribution in [0.4, 0.5) is 4.39 Å². The average molecular weight is 375 g/mol. The standard InChI is InChI=1S/C21H30FN3O2/c22-18-5-3-4-17(14-18)19-16-23-8-9-25(19)20(26)15-21(6-1-2-7-21)24-10-12-27-13-11-24/h3-5,14,19,23H,1-2,6-13,15-16H2. The molecule has 1 N–H and O–H groups in total. The van der Waals surface area contributed by atoms with Crippen LogP contribution in [0.25, 0.3) is 0 Å². The number of carbonyl (C=O) groups is 1. The molecule has 6 heteroatoms. The monoisotopic (exact) mass is 375 g/mol. The van der Waals surface area contributed by atoms with Crippen molar-refractivity contribution in [3.8, 4) is 0 Å². The van der Waals surface area contributed by atoms with Crippen molar-refractivity contribution in [2.24, 2.45) is 0 Å². The maximum atomic E-state index is 13.7. The van der Waals surface area contributed by atoms with Crippen LogP contribution in [-0.4, -0.2) is 67.2 Å². The molecule has 1 saturated carbocycles. The fourth-order valence-corrected chi connectivity index (χ4v) is 5.07. The van der Waals surface area contributed by atoms with Crippen molar-refractivity contribution < 1.29 is 13.9 Å². The van der Waals surface area contributed by atoms with E-state index in [-0.39, 0.29) is 23.3 Å². The van der Waals surface area contributed by atoms with E-state index in [1.165, 1.54) is 18.9 Å². The second-order valence-corrected chi connectivity index (χ2v) is 8.07. The van der Waals surface area contributed by atoms with E-state index in [1.54, 1.807) is 12.1 Å². The molecule has 1 aromatic carbocycles. The van der Waals surface area contributed by atoms with Gasteiger partial charge in [0.1, 0.15) is 5.82 Å². The molecule has 1 amide bonds. The number of halogens is 1. The summed E-state index contributed by atoms with van der Waals surface area (Å²) in [6, 6.07) is 6.58. The van der Waals surface area contributed by atoms with Gasteiger partial charge in [0.25, 0.3) is 0 Å². The number of ether oxygens (including phenoxy) is 1. The Bertz CT molecular complexity index is 657. The molecule has 2 heterocycles. The fourth-order valence-electron chi connectivity index (χ4n) is 5.07. The molecule has 1 atom stereocenters. The Labute approximate surface area is 160 Å². The van der Waals surface area contributed by atoms with Crippen molar-refractivity contribution in [1.82, 2.24) is 15.1 Å². The van der Waals surface area contributed by atoms with E-state index in [4.69, 9.17) is 4.74 Å². The number of benzene rings is 1. The number of piperazine rings is 1. The van der Waals surface area contributed by atoms with Crippen LogP contribution in [0.5, 0.6) is 0 Å². The quantitative estimate of drug-likeness (QED) is 0.877. The van der Waals surface area contributed by atoms with E-state index < -0.39 is 0 Å².